The molecule has 2 heterocycles. The van der Waals surface area contributed by atoms with Crippen molar-refractivity contribution in [2.75, 3.05) is 5.32 Å². The molecule has 0 saturated carbocycles. The number of para-hydroxylation sites is 1. The molecule has 0 radical (unpaired) electrons. The number of rotatable bonds is 2. The Kier molecular flexibility index (Phi) is 4.05. The number of nitrogens with zero attached hydrogens (tertiary/aromatic N) is 3. The fourth-order valence-corrected chi connectivity index (χ4v) is 3.55. The van der Waals surface area contributed by atoms with E-state index < -0.39 is 0 Å². The van der Waals surface area contributed by atoms with Crippen LogP contribution in [0.4, 0.5) is 5.69 Å². The number of pyridine rings is 1. The second kappa shape index (κ2) is 6.27. The molecule has 0 saturated heterocycles. The molecule has 0 aliphatic carbocycles. The molecule has 0 atom stereocenters. The number of nitrogens with one attached hydrogen (secondary N) is 1. The van der Waals surface area contributed by atoms with E-state index in [2.05, 4.69) is 15.4 Å². The van der Waals surface area contributed by atoms with Crippen LogP contribution in [0.2, 0.25) is 10.0 Å². The largest absolute Gasteiger partial charge is 0.320 e. The van der Waals surface area contributed by atoms with Gasteiger partial charge in [0.25, 0.3) is 5.91 Å². The van der Waals surface area contributed by atoms with Crippen LogP contribution in [0.5, 0.6) is 0 Å². The Morgan fingerprint density at radius 2 is 1.73 bits per heavy atom. The van der Waals surface area contributed by atoms with E-state index in [9.17, 15) is 4.79 Å². The number of amides is 1. The van der Waals surface area contributed by atoms with E-state index in [1.165, 1.54) is 0 Å². The van der Waals surface area contributed by atoms with Crippen LogP contribution >= 0.6 is 23.2 Å². The normalized spacial score (nSPS) is 11.2. The van der Waals surface area contributed by atoms with Gasteiger partial charge in [-0.3, -0.25) is 14.5 Å². The van der Waals surface area contributed by atoms with Gasteiger partial charge in [-0.25, -0.2) is 0 Å². The second-order valence-electron chi connectivity index (χ2n) is 5.98. The third-order valence-electron chi connectivity index (χ3n) is 4.43. The monoisotopic (exact) mass is 384 g/mol. The topological polar surface area (TPSA) is 59.8 Å². The fraction of sp³-hybridized carbons (Fsp3) is 0.105. The zero-order valence-electron chi connectivity index (χ0n) is 14.0. The summed E-state index contributed by atoms with van der Waals surface area (Å²) < 4.78 is 1.82. The fourth-order valence-electron chi connectivity index (χ4n) is 2.98. The number of anilines is 1. The Bertz CT molecular complexity index is 1160. The maximum atomic E-state index is 12.7. The molecular weight excluding hydrogens is 371 g/mol. The van der Waals surface area contributed by atoms with Crippen molar-refractivity contribution in [3.63, 3.8) is 0 Å². The number of fused-ring (bicyclic) bond motifs is 3. The summed E-state index contributed by atoms with van der Waals surface area (Å²) in [5.41, 5.74) is 3.36. The standard InChI is InChI=1S/C19H14Cl2N4O/c1-10-12-9-22-18-11(17(12)24-25(10)2)5-3-8-15(18)23-19(26)16-13(20)6-4-7-14(16)21/h3-9H,1-2H3,(H,23,26). The van der Waals surface area contributed by atoms with Crippen LogP contribution < -0.4 is 5.32 Å². The molecule has 26 heavy (non-hydrogen) atoms. The first-order valence-corrected chi connectivity index (χ1v) is 8.69. The van der Waals surface area contributed by atoms with E-state index in [0.29, 0.717) is 21.2 Å². The molecule has 4 rings (SSSR count). The third-order valence-corrected chi connectivity index (χ3v) is 5.06. The SMILES string of the molecule is Cc1c2cnc3c(NC(=O)c4c(Cl)cccc4Cl)cccc3c2nn1C. The first-order valence-electron chi connectivity index (χ1n) is 7.94. The molecule has 4 aromatic rings. The highest BCUT2D eigenvalue weighted by Gasteiger charge is 2.17. The lowest BCUT2D eigenvalue weighted by molar-refractivity contribution is 0.102. The van der Waals surface area contributed by atoms with E-state index in [0.717, 1.165) is 22.0 Å². The van der Waals surface area contributed by atoms with Gasteiger partial charge in [0, 0.05) is 29.7 Å². The van der Waals surface area contributed by atoms with Gasteiger partial charge in [0.05, 0.1) is 26.8 Å². The summed E-state index contributed by atoms with van der Waals surface area (Å²) in [6.07, 6.45) is 1.78. The molecule has 0 aliphatic rings. The summed E-state index contributed by atoms with van der Waals surface area (Å²) in [6.45, 7) is 1.99. The van der Waals surface area contributed by atoms with E-state index in [-0.39, 0.29) is 11.5 Å². The molecule has 0 bridgehead atoms. The highest BCUT2D eigenvalue weighted by molar-refractivity contribution is 6.40. The number of aromatic nitrogens is 3. The molecular formula is C19H14Cl2N4O. The van der Waals surface area contributed by atoms with Crippen molar-refractivity contribution in [3.05, 3.63) is 63.9 Å². The average Bonchev–Trinajstić information content (AvgIpc) is 2.90. The lowest BCUT2D eigenvalue weighted by Gasteiger charge is -2.10. The first-order chi connectivity index (χ1) is 12.5. The van der Waals surface area contributed by atoms with E-state index >= 15 is 0 Å². The van der Waals surface area contributed by atoms with Crippen molar-refractivity contribution in [1.82, 2.24) is 14.8 Å². The smallest absolute Gasteiger partial charge is 0.258 e. The number of carbonyl (C=O) groups is 1. The van der Waals surface area contributed by atoms with Gasteiger partial charge in [-0.1, -0.05) is 41.4 Å². The van der Waals surface area contributed by atoms with Crippen LogP contribution in [0.3, 0.4) is 0 Å². The zero-order chi connectivity index (χ0) is 18.4. The van der Waals surface area contributed by atoms with Crippen molar-refractivity contribution >= 4 is 56.6 Å². The van der Waals surface area contributed by atoms with Gasteiger partial charge in [0.15, 0.2) is 0 Å². The number of aryl methyl sites for hydroxylation is 2. The predicted molar refractivity (Wildman–Crippen MR) is 105 cm³/mol. The summed E-state index contributed by atoms with van der Waals surface area (Å²) in [6, 6.07) is 10.5. The quantitative estimate of drug-likeness (QED) is 0.529. The van der Waals surface area contributed by atoms with Crippen LogP contribution in [-0.4, -0.2) is 20.7 Å². The minimum atomic E-state index is -0.382. The molecule has 130 valence electrons. The Hall–Kier alpha value is -2.63. The Balaban J connectivity index is 1.84. The molecule has 2 aromatic heterocycles. The molecule has 1 amide bonds. The summed E-state index contributed by atoms with van der Waals surface area (Å²) >= 11 is 12.3. The van der Waals surface area contributed by atoms with Gasteiger partial charge in [-0.05, 0) is 25.1 Å². The van der Waals surface area contributed by atoms with Crippen molar-refractivity contribution in [2.24, 2.45) is 7.05 Å². The van der Waals surface area contributed by atoms with Gasteiger partial charge in [-0.15, -0.1) is 0 Å². The summed E-state index contributed by atoms with van der Waals surface area (Å²) in [5, 5.41) is 9.88. The van der Waals surface area contributed by atoms with Crippen molar-refractivity contribution in [3.8, 4) is 0 Å². The molecule has 0 fully saturated rings. The number of hydrogen-bond donors (Lipinski definition) is 1. The van der Waals surface area contributed by atoms with Crippen molar-refractivity contribution in [1.29, 1.82) is 0 Å². The molecule has 5 nitrogen and oxygen atoms in total. The Morgan fingerprint density at radius 3 is 2.46 bits per heavy atom. The van der Waals surface area contributed by atoms with Gasteiger partial charge < -0.3 is 5.32 Å². The zero-order valence-corrected chi connectivity index (χ0v) is 15.6. The maximum absolute atomic E-state index is 12.7. The molecule has 1 N–H and O–H groups in total. The minimum Gasteiger partial charge on any atom is -0.320 e. The Labute approximate surface area is 159 Å². The van der Waals surface area contributed by atoms with Crippen molar-refractivity contribution in [2.45, 2.75) is 6.92 Å². The van der Waals surface area contributed by atoms with Gasteiger partial charge in [0.1, 0.15) is 5.52 Å². The van der Waals surface area contributed by atoms with Crippen LogP contribution in [0, 0.1) is 6.92 Å². The lowest BCUT2D eigenvalue weighted by Crippen LogP contribution is -2.13. The van der Waals surface area contributed by atoms with Crippen LogP contribution in [0.25, 0.3) is 21.8 Å². The number of halogens is 2. The van der Waals surface area contributed by atoms with E-state index in [1.54, 1.807) is 30.5 Å². The van der Waals surface area contributed by atoms with Gasteiger partial charge in [-0.2, -0.15) is 5.10 Å². The highest BCUT2D eigenvalue weighted by atomic mass is 35.5. The summed E-state index contributed by atoms with van der Waals surface area (Å²) in [5.74, 6) is -0.382. The Morgan fingerprint density at radius 1 is 1.04 bits per heavy atom. The molecule has 2 aromatic carbocycles. The first kappa shape index (κ1) is 16.8. The predicted octanol–water partition coefficient (Wildman–Crippen LogP) is 4.99. The van der Waals surface area contributed by atoms with Crippen LogP contribution in [0.15, 0.2) is 42.6 Å². The summed E-state index contributed by atoms with van der Waals surface area (Å²) in [7, 11) is 1.90. The number of benzene rings is 2. The average molecular weight is 385 g/mol. The lowest BCUT2D eigenvalue weighted by atomic mass is 10.1. The maximum Gasteiger partial charge on any atom is 0.258 e. The van der Waals surface area contributed by atoms with E-state index in [4.69, 9.17) is 23.2 Å². The van der Waals surface area contributed by atoms with Crippen molar-refractivity contribution < 1.29 is 4.79 Å². The number of hydrogen-bond acceptors (Lipinski definition) is 3. The van der Waals surface area contributed by atoms with E-state index in [1.807, 2.05) is 30.8 Å². The molecule has 0 unspecified atom stereocenters. The molecule has 7 heteroatoms. The summed E-state index contributed by atoms with van der Waals surface area (Å²) in [4.78, 5) is 17.2. The molecule has 0 aliphatic heterocycles. The second-order valence-corrected chi connectivity index (χ2v) is 6.80. The highest BCUT2D eigenvalue weighted by Crippen LogP contribution is 2.30. The van der Waals surface area contributed by atoms with Crippen LogP contribution in [0.1, 0.15) is 16.1 Å². The minimum absolute atomic E-state index is 0.239. The third kappa shape index (κ3) is 2.60. The van der Waals surface area contributed by atoms with Gasteiger partial charge in [0.2, 0.25) is 0 Å². The van der Waals surface area contributed by atoms with Gasteiger partial charge >= 0.3 is 0 Å². The molecule has 0 spiro atoms. The van der Waals surface area contributed by atoms with Crippen LogP contribution in [-0.2, 0) is 7.05 Å². The number of carbonyl (C=O) groups excluding carboxylic acids is 1.